The summed E-state index contributed by atoms with van der Waals surface area (Å²) in [6.07, 6.45) is 2.97. The largest absolute Gasteiger partial charge is 0.497 e. The smallest absolute Gasteiger partial charge is 0.119 e. The van der Waals surface area contributed by atoms with Gasteiger partial charge in [0, 0.05) is 17.7 Å². The van der Waals surface area contributed by atoms with Crippen LogP contribution in [-0.4, -0.2) is 35.5 Å². The van der Waals surface area contributed by atoms with E-state index >= 15 is 0 Å². The van der Waals surface area contributed by atoms with Gasteiger partial charge in [-0.15, -0.1) is 0 Å². The molecule has 1 aromatic heterocycles. The zero-order chi connectivity index (χ0) is 15.6. The molecule has 3 aromatic rings. The van der Waals surface area contributed by atoms with Crippen LogP contribution in [0.2, 0.25) is 0 Å². The topological polar surface area (TPSA) is 50.4 Å². The summed E-state index contributed by atoms with van der Waals surface area (Å²) >= 11 is 0. The van der Waals surface area contributed by atoms with Crippen LogP contribution in [-0.2, 0) is 11.4 Å². The average Bonchev–Trinajstić information content (AvgIpc) is 3.26. The van der Waals surface area contributed by atoms with Gasteiger partial charge >= 0.3 is 0 Å². The van der Waals surface area contributed by atoms with E-state index in [1.54, 1.807) is 7.11 Å². The lowest BCUT2D eigenvalue weighted by atomic mass is 10.0. The molecule has 0 unspecified atom stereocenters. The maximum atomic E-state index is 5.59. The Morgan fingerprint density at radius 1 is 1.22 bits per heavy atom. The standard InChI is InChI=1S/C18H19N3O2/c1-22-17-6-5-13-9-15(4-3-14(13)10-17)18-16(11-19-20-18)12-21-7-2-8-23-21/h3-6,9-11H,2,7-8,12H2,1H3,(H,19,20). The van der Waals surface area contributed by atoms with Crippen LogP contribution < -0.4 is 4.74 Å². The van der Waals surface area contributed by atoms with Gasteiger partial charge in [-0.05, 0) is 35.4 Å². The zero-order valence-corrected chi connectivity index (χ0v) is 13.1. The minimum absolute atomic E-state index is 0.756. The van der Waals surface area contributed by atoms with Crippen LogP contribution in [0.25, 0.3) is 22.0 Å². The van der Waals surface area contributed by atoms with E-state index in [1.165, 1.54) is 5.39 Å². The number of H-pyrrole nitrogens is 1. The number of rotatable bonds is 4. The van der Waals surface area contributed by atoms with Crippen LogP contribution >= 0.6 is 0 Å². The lowest BCUT2D eigenvalue weighted by Gasteiger charge is -2.13. The molecule has 1 aliphatic rings. The number of hydrogen-bond donors (Lipinski definition) is 1. The van der Waals surface area contributed by atoms with Crippen molar-refractivity contribution in [2.75, 3.05) is 20.3 Å². The molecule has 5 nitrogen and oxygen atoms in total. The Balaban J connectivity index is 1.67. The van der Waals surface area contributed by atoms with E-state index in [9.17, 15) is 0 Å². The number of nitrogens with one attached hydrogen (secondary N) is 1. The molecule has 0 spiro atoms. The van der Waals surface area contributed by atoms with Crippen molar-refractivity contribution in [2.24, 2.45) is 0 Å². The Labute approximate surface area is 134 Å². The fraction of sp³-hybridized carbons (Fsp3) is 0.278. The molecule has 1 saturated heterocycles. The highest BCUT2D eigenvalue weighted by atomic mass is 16.7. The van der Waals surface area contributed by atoms with Gasteiger partial charge in [-0.2, -0.15) is 10.2 Å². The molecule has 2 heterocycles. The Kier molecular flexibility index (Phi) is 3.73. The van der Waals surface area contributed by atoms with E-state index in [0.717, 1.165) is 54.1 Å². The Hall–Kier alpha value is -2.37. The van der Waals surface area contributed by atoms with E-state index in [0.29, 0.717) is 0 Å². The van der Waals surface area contributed by atoms with Gasteiger partial charge in [-0.25, -0.2) is 0 Å². The highest BCUT2D eigenvalue weighted by Crippen LogP contribution is 2.28. The lowest BCUT2D eigenvalue weighted by molar-refractivity contribution is -0.117. The summed E-state index contributed by atoms with van der Waals surface area (Å²) in [5.41, 5.74) is 3.34. The van der Waals surface area contributed by atoms with Crippen LogP contribution in [0.3, 0.4) is 0 Å². The third-order valence-electron chi connectivity index (χ3n) is 4.23. The van der Waals surface area contributed by atoms with Gasteiger partial charge < -0.3 is 4.74 Å². The third kappa shape index (κ3) is 2.81. The summed E-state index contributed by atoms with van der Waals surface area (Å²) in [5, 5.41) is 11.7. The van der Waals surface area contributed by atoms with Gasteiger partial charge in [0.2, 0.25) is 0 Å². The molecule has 0 bridgehead atoms. The SMILES string of the molecule is COc1ccc2cc(-c3[nH]ncc3CN3CCCO3)ccc2c1. The zero-order valence-electron chi connectivity index (χ0n) is 13.1. The molecule has 1 fully saturated rings. The Bertz CT molecular complexity index is 822. The lowest BCUT2D eigenvalue weighted by Crippen LogP contribution is -2.17. The van der Waals surface area contributed by atoms with Gasteiger partial charge in [0.15, 0.2) is 0 Å². The summed E-state index contributed by atoms with van der Waals surface area (Å²) in [5.74, 6) is 0.874. The Morgan fingerprint density at radius 2 is 2.09 bits per heavy atom. The number of aromatic amines is 1. The number of hydroxylamine groups is 2. The summed E-state index contributed by atoms with van der Waals surface area (Å²) in [6, 6.07) is 12.5. The van der Waals surface area contributed by atoms with E-state index in [2.05, 4.69) is 34.5 Å². The van der Waals surface area contributed by atoms with Crippen molar-refractivity contribution in [1.82, 2.24) is 15.3 Å². The molecule has 118 valence electrons. The molecule has 0 amide bonds. The quantitative estimate of drug-likeness (QED) is 0.803. The molecule has 0 saturated carbocycles. The number of aromatic nitrogens is 2. The number of fused-ring (bicyclic) bond motifs is 1. The highest BCUT2D eigenvalue weighted by Gasteiger charge is 2.16. The second-order valence-electron chi connectivity index (χ2n) is 5.75. The number of hydrogen-bond acceptors (Lipinski definition) is 4. The van der Waals surface area contributed by atoms with Crippen molar-refractivity contribution in [3.8, 4) is 17.0 Å². The molecule has 2 aromatic carbocycles. The molecular weight excluding hydrogens is 290 g/mol. The molecule has 23 heavy (non-hydrogen) atoms. The first kappa shape index (κ1) is 14.2. The monoisotopic (exact) mass is 309 g/mol. The number of methoxy groups -OCH3 is 1. The van der Waals surface area contributed by atoms with Crippen LogP contribution in [0.15, 0.2) is 42.6 Å². The van der Waals surface area contributed by atoms with Crippen LogP contribution in [0.1, 0.15) is 12.0 Å². The first-order valence-corrected chi connectivity index (χ1v) is 7.82. The second-order valence-corrected chi connectivity index (χ2v) is 5.75. The van der Waals surface area contributed by atoms with Gasteiger partial charge in [-0.1, -0.05) is 18.2 Å². The summed E-state index contributed by atoms with van der Waals surface area (Å²) in [4.78, 5) is 5.59. The van der Waals surface area contributed by atoms with E-state index in [1.807, 2.05) is 23.4 Å². The summed E-state index contributed by atoms with van der Waals surface area (Å²) < 4.78 is 5.28. The Morgan fingerprint density at radius 3 is 2.91 bits per heavy atom. The van der Waals surface area contributed by atoms with Crippen molar-refractivity contribution in [3.05, 3.63) is 48.2 Å². The van der Waals surface area contributed by atoms with Crippen molar-refractivity contribution < 1.29 is 9.57 Å². The van der Waals surface area contributed by atoms with Gasteiger partial charge in [0.1, 0.15) is 5.75 Å². The van der Waals surface area contributed by atoms with Gasteiger partial charge in [0.25, 0.3) is 0 Å². The predicted molar refractivity (Wildman–Crippen MR) is 89.1 cm³/mol. The normalized spacial score (nSPS) is 15.3. The van der Waals surface area contributed by atoms with Crippen molar-refractivity contribution in [2.45, 2.75) is 13.0 Å². The average molecular weight is 309 g/mol. The fourth-order valence-corrected chi connectivity index (χ4v) is 3.00. The third-order valence-corrected chi connectivity index (χ3v) is 4.23. The van der Waals surface area contributed by atoms with Crippen molar-refractivity contribution >= 4 is 10.8 Å². The van der Waals surface area contributed by atoms with E-state index in [-0.39, 0.29) is 0 Å². The van der Waals surface area contributed by atoms with Crippen molar-refractivity contribution in [1.29, 1.82) is 0 Å². The molecule has 0 atom stereocenters. The maximum absolute atomic E-state index is 5.59. The molecule has 0 radical (unpaired) electrons. The van der Waals surface area contributed by atoms with E-state index < -0.39 is 0 Å². The maximum Gasteiger partial charge on any atom is 0.119 e. The first-order valence-electron chi connectivity index (χ1n) is 7.82. The predicted octanol–water partition coefficient (Wildman–Crippen LogP) is 3.38. The number of ether oxygens (including phenoxy) is 1. The van der Waals surface area contributed by atoms with Crippen LogP contribution in [0.5, 0.6) is 5.75 Å². The van der Waals surface area contributed by atoms with Crippen LogP contribution in [0.4, 0.5) is 0 Å². The van der Waals surface area contributed by atoms with Gasteiger partial charge in [-0.3, -0.25) is 9.94 Å². The van der Waals surface area contributed by atoms with Gasteiger partial charge in [0.05, 0.1) is 32.2 Å². The molecule has 1 aliphatic heterocycles. The summed E-state index contributed by atoms with van der Waals surface area (Å²) in [7, 11) is 1.69. The van der Waals surface area contributed by atoms with Crippen molar-refractivity contribution in [3.63, 3.8) is 0 Å². The number of nitrogens with zero attached hydrogens (tertiary/aromatic N) is 2. The minimum Gasteiger partial charge on any atom is -0.497 e. The number of benzene rings is 2. The molecule has 4 rings (SSSR count). The summed E-state index contributed by atoms with van der Waals surface area (Å²) in [6.45, 7) is 2.54. The molecule has 0 aliphatic carbocycles. The minimum atomic E-state index is 0.756. The van der Waals surface area contributed by atoms with Crippen LogP contribution in [0, 0.1) is 0 Å². The first-order chi connectivity index (χ1) is 11.3. The molecule has 5 heteroatoms. The fourth-order valence-electron chi connectivity index (χ4n) is 3.00. The molecule has 1 N–H and O–H groups in total. The van der Waals surface area contributed by atoms with E-state index in [4.69, 9.17) is 9.57 Å². The molecular formula is C18H19N3O2. The highest BCUT2D eigenvalue weighted by molar-refractivity contribution is 5.88. The second kappa shape index (κ2) is 6.02.